The first-order valence-corrected chi connectivity index (χ1v) is 11.2. The number of non-ortho nitro benzene ring substituents is 1. The van der Waals surface area contributed by atoms with Crippen LogP contribution in [0.15, 0.2) is 57.9 Å². The summed E-state index contributed by atoms with van der Waals surface area (Å²) in [4.78, 5) is 35.1. The van der Waals surface area contributed by atoms with Crippen LogP contribution < -0.4 is 10.4 Å². The van der Waals surface area contributed by atoms with E-state index in [-0.39, 0.29) is 30.3 Å². The third-order valence-corrected chi connectivity index (χ3v) is 5.90. The van der Waals surface area contributed by atoms with E-state index >= 15 is 0 Å². The Hall–Kier alpha value is -4.47. The molecule has 1 aliphatic rings. The minimum Gasteiger partial charge on any atom is -0.485 e. The van der Waals surface area contributed by atoms with Crippen molar-refractivity contribution < 1.29 is 23.6 Å². The van der Waals surface area contributed by atoms with E-state index < -0.39 is 16.5 Å². The highest BCUT2D eigenvalue weighted by molar-refractivity contribution is 5.90. The number of hydrogen-bond donors (Lipinski definition) is 0. The van der Waals surface area contributed by atoms with Gasteiger partial charge >= 0.3 is 11.6 Å². The maximum Gasteiger partial charge on any atom is 0.362 e. The van der Waals surface area contributed by atoms with Gasteiger partial charge in [-0.25, -0.2) is 14.3 Å². The molecule has 2 heterocycles. The predicted molar refractivity (Wildman–Crippen MR) is 125 cm³/mol. The van der Waals surface area contributed by atoms with Crippen molar-refractivity contribution in [2.45, 2.75) is 32.8 Å². The van der Waals surface area contributed by atoms with Crippen molar-refractivity contribution in [1.29, 1.82) is 0 Å². The molecule has 0 spiro atoms. The summed E-state index contributed by atoms with van der Waals surface area (Å²) in [5.74, 6) is -0.511. The zero-order chi connectivity index (χ0) is 24.5. The topological polar surface area (TPSA) is 127 Å². The molecular weight excluding hydrogens is 454 g/mol. The predicted octanol–water partition coefficient (Wildman–Crippen LogP) is 4.13. The summed E-state index contributed by atoms with van der Waals surface area (Å²) in [6.07, 6.45) is 4.49. The van der Waals surface area contributed by atoms with E-state index in [1.54, 1.807) is 6.92 Å². The minimum absolute atomic E-state index is 0.000748. The van der Waals surface area contributed by atoms with Crippen molar-refractivity contribution in [2.24, 2.45) is 0 Å². The van der Waals surface area contributed by atoms with Gasteiger partial charge in [0, 0.05) is 29.1 Å². The van der Waals surface area contributed by atoms with E-state index in [1.165, 1.54) is 52.3 Å². The molecule has 5 rings (SSSR count). The summed E-state index contributed by atoms with van der Waals surface area (Å²) in [6.45, 7) is 1.83. The van der Waals surface area contributed by atoms with E-state index in [0.717, 1.165) is 24.6 Å². The fourth-order valence-electron chi connectivity index (χ4n) is 4.23. The van der Waals surface area contributed by atoms with Gasteiger partial charge < -0.3 is 13.9 Å². The summed E-state index contributed by atoms with van der Waals surface area (Å²) in [6, 6.07) is 11.0. The molecule has 0 unspecified atom stereocenters. The molecule has 0 saturated carbocycles. The molecule has 0 atom stereocenters. The van der Waals surface area contributed by atoms with Gasteiger partial charge in [0.25, 0.3) is 5.69 Å². The van der Waals surface area contributed by atoms with Crippen LogP contribution in [-0.2, 0) is 24.2 Å². The van der Waals surface area contributed by atoms with Crippen molar-refractivity contribution in [3.05, 3.63) is 91.6 Å². The van der Waals surface area contributed by atoms with Crippen LogP contribution in [-0.4, -0.2) is 27.3 Å². The highest BCUT2D eigenvalue weighted by Gasteiger charge is 2.22. The Labute approximate surface area is 198 Å². The number of nitro groups is 1. The van der Waals surface area contributed by atoms with Crippen LogP contribution in [0.1, 0.15) is 40.5 Å². The summed E-state index contributed by atoms with van der Waals surface area (Å²) >= 11 is 0. The van der Waals surface area contributed by atoms with Crippen molar-refractivity contribution in [3.63, 3.8) is 0 Å². The van der Waals surface area contributed by atoms with Gasteiger partial charge in [-0.1, -0.05) is 0 Å². The lowest BCUT2D eigenvalue weighted by Gasteiger charge is -2.09. The Balaban J connectivity index is 1.49. The Bertz CT molecular complexity index is 1500. The smallest absolute Gasteiger partial charge is 0.362 e. The zero-order valence-electron chi connectivity index (χ0n) is 18.9. The lowest BCUT2D eigenvalue weighted by atomic mass is 10.0. The molecule has 10 nitrogen and oxygen atoms in total. The second kappa shape index (κ2) is 9.05. The maximum atomic E-state index is 12.5. The van der Waals surface area contributed by atoms with E-state index in [4.69, 9.17) is 13.9 Å². The number of esters is 1. The number of ether oxygens (including phenoxy) is 2. The van der Waals surface area contributed by atoms with Crippen LogP contribution >= 0.6 is 0 Å². The van der Waals surface area contributed by atoms with Crippen LogP contribution in [0, 0.1) is 10.1 Å². The molecule has 0 aliphatic heterocycles. The molecule has 0 amide bonds. The lowest BCUT2D eigenvalue weighted by Crippen LogP contribution is -2.09. The van der Waals surface area contributed by atoms with Crippen LogP contribution in [0.5, 0.6) is 5.75 Å². The quantitative estimate of drug-likeness (QED) is 0.169. The number of nitro benzene ring substituents is 1. The van der Waals surface area contributed by atoms with Crippen LogP contribution in [0.3, 0.4) is 0 Å². The van der Waals surface area contributed by atoms with E-state index in [0.29, 0.717) is 16.8 Å². The molecule has 0 saturated heterocycles. The molecule has 10 heteroatoms. The average Bonchev–Trinajstić information content (AvgIpc) is 3.48. The van der Waals surface area contributed by atoms with Crippen LogP contribution in [0.2, 0.25) is 0 Å². The molecule has 2 aromatic carbocycles. The fourth-order valence-corrected chi connectivity index (χ4v) is 4.23. The molecule has 4 aromatic rings. The molecule has 35 heavy (non-hydrogen) atoms. The van der Waals surface area contributed by atoms with Gasteiger partial charge in [-0.3, -0.25) is 10.1 Å². The molecule has 1 aliphatic carbocycles. The Morgan fingerprint density at radius 2 is 1.91 bits per heavy atom. The molecule has 178 valence electrons. The number of carbonyl (C=O) groups is 1. The number of nitrogens with zero attached hydrogens (tertiary/aromatic N) is 3. The van der Waals surface area contributed by atoms with E-state index in [9.17, 15) is 19.7 Å². The second-order valence-electron chi connectivity index (χ2n) is 8.13. The van der Waals surface area contributed by atoms with Gasteiger partial charge in [-0.15, -0.1) is 0 Å². The summed E-state index contributed by atoms with van der Waals surface area (Å²) in [7, 11) is 0. The molecule has 0 bridgehead atoms. The molecule has 0 radical (unpaired) electrons. The number of benzene rings is 2. The number of aromatic nitrogens is 2. The molecule has 0 N–H and O–H groups in total. The van der Waals surface area contributed by atoms with Crippen molar-refractivity contribution in [2.75, 3.05) is 6.61 Å². The van der Waals surface area contributed by atoms with Gasteiger partial charge in [0.2, 0.25) is 5.69 Å². The lowest BCUT2D eigenvalue weighted by molar-refractivity contribution is -0.384. The van der Waals surface area contributed by atoms with Crippen molar-refractivity contribution in [1.82, 2.24) is 9.78 Å². The number of carbonyl (C=O) groups excluding carboxylic acids is 1. The fraction of sp³-hybridized carbons (Fsp3) is 0.240. The van der Waals surface area contributed by atoms with E-state index in [1.807, 2.05) is 12.1 Å². The monoisotopic (exact) mass is 475 g/mol. The number of aryl methyl sites for hydroxylation is 2. The second-order valence-corrected chi connectivity index (χ2v) is 8.13. The number of hydrogen-bond acceptors (Lipinski definition) is 8. The number of fused-ring (bicyclic) bond motifs is 2. The molecule has 2 aromatic heterocycles. The summed E-state index contributed by atoms with van der Waals surface area (Å²) in [5, 5.41) is 16.0. The van der Waals surface area contributed by atoms with Crippen molar-refractivity contribution in [3.8, 4) is 11.4 Å². The Morgan fingerprint density at radius 3 is 2.63 bits per heavy atom. The summed E-state index contributed by atoms with van der Waals surface area (Å²) in [5.41, 5.74) is 3.45. The first kappa shape index (κ1) is 22.3. The SMILES string of the molecule is CCOC(=O)c1nn(-c2ccc([N+](=O)[O-])cc2)cc1OCc1cc(=O)oc2cc3c(cc12)CCC3. The standard InChI is InChI=1S/C25H21N3O7/c1-2-33-25(30)24-22(13-27(26-24)18-6-8-19(9-7-18)28(31)32)34-14-17-12-23(29)35-21-11-16-5-3-4-15(16)10-20(17)21/h6-13H,2-5,14H2,1H3. The van der Waals surface area contributed by atoms with Gasteiger partial charge in [0.15, 0.2) is 5.75 Å². The maximum absolute atomic E-state index is 12.5. The zero-order valence-corrected chi connectivity index (χ0v) is 18.9. The first-order valence-electron chi connectivity index (χ1n) is 11.2. The highest BCUT2D eigenvalue weighted by Crippen LogP contribution is 2.30. The van der Waals surface area contributed by atoms with Gasteiger partial charge in [-0.2, -0.15) is 5.10 Å². The molecule has 0 fully saturated rings. The van der Waals surface area contributed by atoms with Gasteiger partial charge in [0.1, 0.15) is 12.2 Å². The third kappa shape index (κ3) is 4.37. The minimum atomic E-state index is -0.668. The first-order chi connectivity index (χ1) is 16.9. The van der Waals surface area contributed by atoms with Gasteiger partial charge in [0.05, 0.1) is 23.4 Å². The Morgan fingerprint density at radius 1 is 1.17 bits per heavy atom. The largest absolute Gasteiger partial charge is 0.485 e. The van der Waals surface area contributed by atoms with Crippen molar-refractivity contribution >= 4 is 22.6 Å². The third-order valence-electron chi connectivity index (χ3n) is 5.90. The van der Waals surface area contributed by atoms with Gasteiger partial charge in [-0.05, 0) is 61.6 Å². The molecular formula is C25H21N3O7. The van der Waals surface area contributed by atoms with Crippen LogP contribution in [0.4, 0.5) is 5.69 Å². The highest BCUT2D eigenvalue weighted by atomic mass is 16.6. The van der Waals surface area contributed by atoms with E-state index in [2.05, 4.69) is 5.10 Å². The van der Waals surface area contributed by atoms with Crippen LogP contribution in [0.25, 0.3) is 16.7 Å². The average molecular weight is 475 g/mol. The number of rotatable bonds is 7. The normalized spacial score (nSPS) is 12.5. The Kier molecular flexibility index (Phi) is 5.77. The summed E-state index contributed by atoms with van der Waals surface area (Å²) < 4.78 is 17.9.